The Bertz CT molecular complexity index is 1170. The minimum atomic E-state index is -1.25. The molecule has 0 aliphatic carbocycles. The zero-order valence-corrected chi connectivity index (χ0v) is 21.9. The van der Waals surface area contributed by atoms with Gasteiger partial charge in [-0.25, -0.2) is 4.98 Å². The number of benzene rings is 1. The molecule has 2 aliphatic rings. The second-order valence-electron chi connectivity index (χ2n) is 11.2. The molecule has 2 aromatic rings. The SMILES string of the molecule is CC1=CC[C@@H](c2ccc3oc(C)nc3c2)OC(=O)C[C@H](O)C(C)(C)C(=O)[C@H](C)[C@@H](O)[C@@H](C)C2NC2C1. The number of oxazole rings is 1. The minimum absolute atomic E-state index is 0.117. The number of hydrogen-bond donors (Lipinski definition) is 3. The maximum atomic E-state index is 13.3. The molecular weight excluding hydrogens is 460 g/mol. The van der Waals surface area contributed by atoms with Gasteiger partial charge in [0.05, 0.1) is 24.0 Å². The number of carbonyl (C=O) groups is 2. The first-order valence-corrected chi connectivity index (χ1v) is 12.8. The normalized spacial score (nSPS) is 34.1. The first-order chi connectivity index (χ1) is 16.9. The Kier molecular flexibility index (Phi) is 7.42. The molecule has 3 heterocycles. The number of hydrogen-bond acceptors (Lipinski definition) is 8. The highest BCUT2D eigenvalue weighted by Crippen LogP contribution is 2.36. The fourth-order valence-electron chi connectivity index (χ4n) is 5.34. The van der Waals surface area contributed by atoms with Crippen molar-refractivity contribution in [2.75, 3.05) is 0 Å². The third-order valence-electron chi connectivity index (χ3n) is 7.98. The fraction of sp³-hybridized carbons (Fsp3) is 0.607. The number of aromatic nitrogens is 1. The number of aliphatic hydroxyl groups is 2. The Morgan fingerprint density at radius 3 is 2.56 bits per heavy atom. The van der Waals surface area contributed by atoms with Crippen molar-refractivity contribution in [2.45, 2.75) is 91.2 Å². The summed E-state index contributed by atoms with van der Waals surface area (Å²) in [7, 11) is 0. The lowest BCUT2D eigenvalue weighted by molar-refractivity contribution is -0.155. The van der Waals surface area contributed by atoms with E-state index in [0.717, 1.165) is 17.6 Å². The lowest BCUT2D eigenvalue weighted by Crippen LogP contribution is -2.46. The standard InChI is InChI=1S/C28H38N2O6/c1-14-7-9-21(18-8-10-22-19(12-18)29-17(4)35-22)36-24(32)13-23(31)28(5,6)27(34)16(3)26(33)15(2)25-20(11-14)30-25/h7-8,10,12,15-16,20-21,23,25-26,30-31,33H,9,11,13H2,1-6H3/t15-,16+,20?,21-,23-,25?,26-/m0/s1. The van der Waals surface area contributed by atoms with E-state index in [1.54, 1.807) is 27.7 Å². The number of fused-ring (bicyclic) bond motifs is 2. The summed E-state index contributed by atoms with van der Waals surface area (Å²) >= 11 is 0. The van der Waals surface area contributed by atoms with Gasteiger partial charge in [-0.2, -0.15) is 0 Å². The number of aliphatic hydroxyl groups excluding tert-OH is 2. The van der Waals surface area contributed by atoms with Crippen LogP contribution in [0.2, 0.25) is 0 Å². The predicted octanol–water partition coefficient (Wildman–Crippen LogP) is 3.78. The van der Waals surface area contributed by atoms with Crippen LogP contribution in [-0.2, 0) is 14.3 Å². The van der Waals surface area contributed by atoms with Gasteiger partial charge in [-0.05, 0) is 37.0 Å². The van der Waals surface area contributed by atoms with Crippen LogP contribution < -0.4 is 5.32 Å². The number of ether oxygens (including phenoxy) is 1. The number of aryl methyl sites for hydroxylation is 1. The summed E-state index contributed by atoms with van der Waals surface area (Å²) in [5.74, 6) is -1.11. The summed E-state index contributed by atoms with van der Waals surface area (Å²) in [6.45, 7) is 10.7. The molecule has 0 bridgehead atoms. The summed E-state index contributed by atoms with van der Waals surface area (Å²) < 4.78 is 11.4. The molecule has 196 valence electrons. The molecule has 1 aromatic heterocycles. The average Bonchev–Trinajstić information content (AvgIpc) is 3.48. The number of esters is 1. The van der Waals surface area contributed by atoms with Crippen LogP contribution in [-0.4, -0.2) is 51.2 Å². The molecule has 1 aromatic carbocycles. The third kappa shape index (κ3) is 5.41. The van der Waals surface area contributed by atoms with Gasteiger partial charge in [-0.15, -0.1) is 0 Å². The molecule has 8 nitrogen and oxygen atoms in total. The van der Waals surface area contributed by atoms with Gasteiger partial charge in [0.1, 0.15) is 17.4 Å². The zero-order chi connectivity index (χ0) is 26.4. The fourth-order valence-corrected chi connectivity index (χ4v) is 5.34. The molecule has 4 rings (SSSR count). The van der Waals surface area contributed by atoms with Crippen molar-refractivity contribution in [3.05, 3.63) is 41.3 Å². The van der Waals surface area contributed by atoms with Crippen molar-refractivity contribution in [3.63, 3.8) is 0 Å². The third-order valence-corrected chi connectivity index (χ3v) is 7.98. The Morgan fingerprint density at radius 1 is 1.11 bits per heavy atom. The van der Waals surface area contributed by atoms with E-state index in [2.05, 4.69) is 16.4 Å². The quantitative estimate of drug-likeness (QED) is 0.307. The Morgan fingerprint density at radius 2 is 1.83 bits per heavy atom. The van der Waals surface area contributed by atoms with E-state index in [4.69, 9.17) is 9.15 Å². The van der Waals surface area contributed by atoms with Gasteiger partial charge in [0.25, 0.3) is 0 Å². The maximum Gasteiger partial charge on any atom is 0.309 e. The Balaban J connectivity index is 1.64. The molecule has 36 heavy (non-hydrogen) atoms. The number of carbonyl (C=O) groups excluding carboxylic acids is 2. The van der Waals surface area contributed by atoms with Crippen LogP contribution in [0.3, 0.4) is 0 Å². The molecule has 8 heteroatoms. The number of nitrogens with one attached hydrogen (secondary N) is 1. The van der Waals surface area contributed by atoms with Gasteiger partial charge in [-0.1, -0.05) is 45.4 Å². The maximum absolute atomic E-state index is 13.3. The molecule has 0 radical (unpaired) electrons. The van der Waals surface area contributed by atoms with Gasteiger partial charge in [0.2, 0.25) is 0 Å². The summed E-state index contributed by atoms with van der Waals surface area (Å²) in [4.78, 5) is 30.7. The molecule has 2 aliphatic heterocycles. The first kappa shape index (κ1) is 26.5. The second-order valence-corrected chi connectivity index (χ2v) is 11.2. The van der Waals surface area contributed by atoms with Crippen LogP contribution in [0.25, 0.3) is 11.1 Å². The highest BCUT2D eigenvalue weighted by molar-refractivity contribution is 5.88. The van der Waals surface area contributed by atoms with E-state index in [0.29, 0.717) is 23.4 Å². The van der Waals surface area contributed by atoms with Crippen molar-refractivity contribution in [1.82, 2.24) is 10.3 Å². The molecule has 0 amide bonds. The van der Waals surface area contributed by atoms with E-state index in [-0.39, 0.29) is 30.2 Å². The number of cyclic esters (lactones) is 1. The predicted molar refractivity (Wildman–Crippen MR) is 135 cm³/mol. The monoisotopic (exact) mass is 498 g/mol. The van der Waals surface area contributed by atoms with Crippen molar-refractivity contribution >= 4 is 22.9 Å². The van der Waals surface area contributed by atoms with Crippen molar-refractivity contribution in [3.8, 4) is 0 Å². The molecule has 2 unspecified atom stereocenters. The zero-order valence-electron chi connectivity index (χ0n) is 21.9. The summed E-state index contributed by atoms with van der Waals surface area (Å²) in [6.07, 6.45) is 0.341. The van der Waals surface area contributed by atoms with Gasteiger partial charge in [0, 0.05) is 31.3 Å². The van der Waals surface area contributed by atoms with Gasteiger partial charge in [-0.3, -0.25) is 9.59 Å². The van der Waals surface area contributed by atoms with E-state index < -0.39 is 35.6 Å². The number of nitrogens with zero attached hydrogens (tertiary/aromatic N) is 1. The van der Waals surface area contributed by atoms with Crippen molar-refractivity contribution < 1.29 is 29.0 Å². The van der Waals surface area contributed by atoms with E-state index in [9.17, 15) is 19.8 Å². The molecular formula is C28H38N2O6. The van der Waals surface area contributed by atoms with Gasteiger partial charge < -0.3 is 24.7 Å². The van der Waals surface area contributed by atoms with E-state index in [1.165, 1.54) is 0 Å². The van der Waals surface area contributed by atoms with Gasteiger partial charge >= 0.3 is 5.97 Å². The Labute approximate surface area is 212 Å². The highest BCUT2D eigenvalue weighted by Gasteiger charge is 2.47. The molecule has 7 atom stereocenters. The summed E-state index contributed by atoms with van der Waals surface area (Å²) in [5.41, 5.74) is 2.05. The first-order valence-electron chi connectivity index (χ1n) is 12.8. The molecule has 3 N–H and O–H groups in total. The van der Waals surface area contributed by atoms with Crippen molar-refractivity contribution in [1.29, 1.82) is 0 Å². The molecule has 1 saturated heterocycles. The summed E-state index contributed by atoms with van der Waals surface area (Å²) in [6, 6.07) is 5.87. The van der Waals surface area contributed by atoms with Crippen LogP contribution in [0.1, 0.15) is 71.4 Å². The minimum Gasteiger partial charge on any atom is -0.457 e. The second kappa shape index (κ2) is 10.1. The van der Waals surface area contributed by atoms with Crippen LogP contribution in [0, 0.1) is 24.2 Å². The van der Waals surface area contributed by atoms with E-state index in [1.807, 2.05) is 32.0 Å². The van der Waals surface area contributed by atoms with Crippen LogP contribution >= 0.6 is 0 Å². The largest absolute Gasteiger partial charge is 0.457 e. The molecule has 0 spiro atoms. The lowest BCUT2D eigenvalue weighted by Gasteiger charge is -2.34. The van der Waals surface area contributed by atoms with Crippen molar-refractivity contribution in [2.24, 2.45) is 17.3 Å². The number of Topliss-reactive ketones (excluding diaryl/α,β-unsaturated/α-hetero) is 1. The lowest BCUT2D eigenvalue weighted by atomic mass is 9.73. The molecule has 0 saturated carbocycles. The van der Waals surface area contributed by atoms with E-state index >= 15 is 0 Å². The topological polar surface area (TPSA) is 132 Å². The smallest absolute Gasteiger partial charge is 0.309 e. The molecule has 1 fully saturated rings. The highest BCUT2D eigenvalue weighted by atomic mass is 16.5. The van der Waals surface area contributed by atoms with Crippen LogP contribution in [0.5, 0.6) is 0 Å². The number of rotatable bonds is 1. The average molecular weight is 499 g/mol. The van der Waals surface area contributed by atoms with Gasteiger partial charge in [0.15, 0.2) is 11.5 Å². The summed E-state index contributed by atoms with van der Waals surface area (Å²) in [5, 5.41) is 25.3. The van der Waals surface area contributed by atoms with Crippen LogP contribution in [0.15, 0.2) is 34.3 Å². The number of ketones is 1. The van der Waals surface area contributed by atoms with Crippen LogP contribution in [0.4, 0.5) is 0 Å². The Hall–Kier alpha value is -2.55.